The number of aliphatic hydroxyl groups is 1. The number of carbonyl (C=O) groups is 3. The summed E-state index contributed by atoms with van der Waals surface area (Å²) in [6.07, 6.45) is -3.64. The van der Waals surface area contributed by atoms with E-state index in [1.54, 1.807) is 0 Å². The van der Waals surface area contributed by atoms with Crippen molar-refractivity contribution in [1.82, 2.24) is 15.5 Å². The molecule has 0 unspecified atom stereocenters. The van der Waals surface area contributed by atoms with Crippen molar-refractivity contribution in [3.63, 3.8) is 0 Å². The minimum absolute atomic E-state index is 0.112. The lowest BCUT2D eigenvalue weighted by atomic mass is 9.88. The van der Waals surface area contributed by atoms with Crippen molar-refractivity contribution in [3.05, 3.63) is 35.4 Å². The monoisotopic (exact) mass is 525 g/mol. The van der Waals surface area contributed by atoms with Crippen molar-refractivity contribution in [2.45, 2.75) is 43.9 Å². The van der Waals surface area contributed by atoms with Gasteiger partial charge < -0.3 is 30.4 Å². The van der Waals surface area contributed by atoms with Crippen LogP contribution in [0, 0.1) is 0 Å². The van der Waals surface area contributed by atoms with E-state index in [0.717, 1.165) is 19.1 Å². The summed E-state index contributed by atoms with van der Waals surface area (Å²) in [7, 11) is -4.98. The van der Waals surface area contributed by atoms with Gasteiger partial charge in [0.25, 0.3) is 0 Å². The number of aliphatic hydroxyl groups excluding tert-OH is 1. The first-order chi connectivity index (χ1) is 16.2. The highest BCUT2D eigenvalue weighted by molar-refractivity contribution is 7.46. The van der Waals surface area contributed by atoms with E-state index in [-0.39, 0.29) is 19.0 Å². The van der Waals surface area contributed by atoms with Crippen LogP contribution in [0.2, 0.25) is 0 Å². The highest BCUT2D eigenvalue weighted by Gasteiger charge is 2.34. The van der Waals surface area contributed by atoms with Crippen LogP contribution in [0.4, 0.5) is 13.2 Å². The number of hydrogen-bond acceptors (Lipinski definition) is 6. The summed E-state index contributed by atoms with van der Waals surface area (Å²) in [5.74, 6) is -2.41. The predicted molar refractivity (Wildman–Crippen MR) is 115 cm³/mol. The van der Waals surface area contributed by atoms with Gasteiger partial charge in [-0.25, -0.2) is 4.57 Å². The second kappa shape index (κ2) is 12.0. The Bertz CT molecular complexity index is 946. The van der Waals surface area contributed by atoms with Gasteiger partial charge >= 0.3 is 14.0 Å². The van der Waals surface area contributed by atoms with Crippen LogP contribution in [0.3, 0.4) is 0 Å². The fourth-order valence-corrected chi connectivity index (χ4v) is 4.00. The minimum atomic E-state index is -4.98. The molecule has 0 bridgehead atoms. The van der Waals surface area contributed by atoms with Crippen LogP contribution in [-0.2, 0) is 29.6 Å². The fourth-order valence-electron chi connectivity index (χ4n) is 3.66. The van der Waals surface area contributed by atoms with E-state index in [1.165, 1.54) is 17.0 Å². The van der Waals surface area contributed by atoms with Crippen molar-refractivity contribution in [2.75, 3.05) is 26.3 Å². The van der Waals surface area contributed by atoms with E-state index in [0.29, 0.717) is 18.4 Å². The molecule has 1 aliphatic heterocycles. The Hall–Kier alpha value is -2.51. The molecule has 1 fully saturated rings. The van der Waals surface area contributed by atoms with Gasteiger partial charge in [-0.15, -0.1) is 0 Å². The van der Waals surface area contributed by atoms with Crippen LogP contribution in [-0.4, -0.2) is 75.9 Å². The topological polar surface area (TPSA) is 166 Å². The van der Waals surface area contributed by atoms with Crippen LogP contribution in [0.15, 0.2) is 24.3 Å². The minimum Gasteiger partial charge on any atom is -0.394 e. The molecule has 0 aliphatic carbocycles. The summed E-state index contributed by atoms with van der Waals surface area (Å²) < 4.78 is 53.8. The van der Waals surface area contributed by atoms with Gasteiger partial charge in [0, 0.05) is 20.0 Å². The molecule has 1 aromatic carbocycles. The van der Waals surface area contributed by atoms with Gasteiger partial charge in [0.15, 0.2) is 0 Å². The number of alkyl halides is 3. The molecule has 5 N–H and O–H groups in total. The first-order valence-electron chi connectivity index (χ1n) is 10.6. The number of halogens is 3. The zero-order chi connectivity index (χ0) is 26.4. The van der Waals surface area contributed by atoms with Crippen molar-refractivity contribution in [2.24, 2.45) is 0 Å². The third-order valence-corrected chi connectivity index (χ3v) is 5.90. The molecule has 2 rings (SSSR count). The number of phosphoric acid groups is 1. The molecule has 0 aromatic heterocycles. The molecule has 11 nitrogen and oxygen atoms in total. The zero-order valence-electron chi connectivity index (χ0n) is 18.7. The maximum Gasteiger partial charge on any atom is 0.469 e. The molecule has 3 amide bonds. The fraction of sp³-hybridized carbons (Fsp3) is 0.550. The number of amides is 3. The second-order valence-corrected chi connectivity index (χ2v) is 9.24. The van der Waals surface area contributed by atoms with Gasteiger partial charge in [-0.1, -0.05) is 12.1 Å². The van der Waals surface area contributed by atoms with E-state index in [9.17, 15) is 37.2 Å². The van der Waals surface area contributed by atoms with Gasteiger partial charge in [-0.2, -0.15) is 13.2 Å². The molecule has 1 heterocycles. The highest BCUT2D eigenvalue weighted by atomic mass is 31.2. The quantitative estimate of drug-likeness (QED) is 0.291. The Labute approximate surface area is 198 Å². The number of piperidine rings is 1. The van der Waals surface area contributed by atoms with Gasteiger partial charge in [-0.3, -0.25) is 18.9 Å². The van der Waals surface area contributed by atoms with E-state index < -0.39 is 62.6 Å². The lowest BCUT2D eigenvalue weighted by Crippen LogP contribution is -2.57. The molecular formula is C20H27F3N3O8P. The molecule has 2 atom stereocenters. The van der Waals surface area contributed by atoms with E-state index in [4.69, 9.17) is 9.79 Å². The average Bonchev–Trinajstić information content (AvgIpc) is 2.78. The number of nitrogens with one attached hydrogen (secondary N) is 2. The number of rotatable bonds is 9. The summed E-state index contributed by atoms with van der Waals surface area (Å²) >= 11 is 0. The van der Waals surface area contributed by atoms with Gasteiger partial charge in [-0.05, 0) is 36.5 Å². The molecule has 0 spiro atoms. The summed E-state index contributed by atoms with van der Waals surface area (Å²) in [5, 5.41) is 13.7. The van der Waals surface area contributed by atoms with Gasteiger partial charge in [0.05, 0.1) is 18.8 Å². The number of carbonyl (C=O) groups excluding carboxylic acids is 3. The molecule has 15 heteroatoms. The van der Waals surface area contributed by atoms with Crippen molar-refractivity contribution < 1.29 is 51.5 Å². The Balaban J connectivity index is 2.06. The summed E-state index contributed by atoms with van der Waals surface area (Å²) in [6, 6.07) is 1.83. The summed E-state index contributed by atoms with van der Waals surface area (Å²) in [5.41, 5.74) is -0.0844. The molecule has 1 aliphatic rings. The van der Waals surface area contributed by atoms with Gasteiger partial charge in [0.1, 0.15) is 12.1 Å². The molecule has 1 aromatic rings. The molecular weight excluding hydrogens is 498 g/mol. The standard InChI is InChI=1S/C20H27F3N3O8P/c1-12(28)24-16(10-27)18(29)25-17(11-34-35(31,32)33)19(30)26-8-6-14(7-9-26)13-2-4-15(5-3-13)20(21,22)23/h2-5,14,16-17,27H,6-11H2,1H3,(H,24,28)(H,25,29)(H2,31,32,33)/t16-,17-/m0/s1. The predicted octanol–water partition coefficient (Wildman–Crippen LogP) is 0.502. The summed E-state index contributed by atoms with van der Waals surface area (Å²) in [4.78, 5) is 55.9. The zero-order valence-corrected chi connectivity index (χ0v) is 19.6. The summed E-state index contributed by atoms with van der Waals surface area (Å²) in [6.45, 7) is -0.212. The molecule has 35 heavy (non-hydrogen) atoms. The lowest BCUT2D eigenvalue weighted by molar-refractivity contribution is -0.139. The molecule has 0 saturated carbocycles. The third kappa shape index (κ3) is 8.89. The largest absolute Gasteiger partial charge is 0.469 e. The number of phosphoric ester groups is 1. The second-order valence-electron chi connectivity index (χ2n) is 8.00. The lowest BCUT2D eigenvalue weighted by Gasteiger charge is -2.35. The van der Waals surface area contributed by atoms with Crippen LogP contribution < -0.4 is 10.6 Å². The third-order valence-electron chi connectivity index (χ3n) is 5.42. The normalized spacial score (nSPS) is 16.9. The maximum absolute atomic E-state index is 13.0. The SMILES string of the molecule is CC(=O)N[C@@H](CO)C(=O)N[C@@H](COP(=O)(O)O)C(=O)N1CCC(c2ccc(C(F)(F)F)cc2)CC1. The smallest absolute Gasteiger partial charge is 0.394 e. The highest BCUT2D eigenvalue weighted by Crippen LogP contribution is 2.36. The molecule has 196 valence electrons. The first kappa shape index (κ1) is 28.7. The Morgan fingerprint density at radius 1 is 1.11 bits per heavy atom. The number of likely N-dealkylation sites (tertiary alicyclic amines) is 1. The van der Waals surface area contributed by atoms with Crippen LogP contribution in [0.25, 0.3) is 0 Å². The van der Waals surface area contributed by atoms with Crippen LogP contribution in [0.1, 0.15) is 36.8 Å². The van der Waals surface area contributed by atoms with Crippen LogP contribution >= 0.6 is 7.82 Å². The van der Waals surface area contributed by atoms with Crippen LogP contribution in [0.5, 0.6) is 0 Å². The van der Waals surface area contributed by atoms with E-state index >= 15 is 0 Å². The number of nitrogens with zero attached hydrogens (tertiary/aromatic N) is 1. The Morgan fingerprint density at radius 3 is 2.14 bits per heavy atom. The average molecular weight is 525 g/mol. The Kier molecular flexibility index (Phi) is 9.81. The van der Waals surface area contributed by atoms with Crippen molar-refractivity contribution in [1.29, 1.82) is 0 Å². The van der Waals surface area contributed by atoms with E-state index in [2.05, 4.69) is 15.2 Å². The molecule has 0 radical (unpaired) electrons. The van der Waals surface area contributed by atoms with E-state index in [1.807, 2.05) is 0 Å². The number of benzene rings is 1. The van der Waals surface area contributed by atoms with Crippen molar-refractivity contribution in [3.8, 4) is 0 Å². The Morgan fingerprint density at radius 2 is 1.69 bits per heavy atom. The maximum atomic E-state index is 13.0. The van der Waals surface area contributed by atoms with Crippen molar-refractivity contribution >= 4 is 25.5 Å². The first-order valence-corrected chi connectivity index (χ1v) is 12.1. The number of hydrogen-bond donors (Lipinski definition) is 5. The van der Waals surface area contributed by atoms with Gasteiger partial charge in [0.2, 0.25) is 17.7 Å². The molecule has 1 saturated heterocycles.